The van der Waals surface area contributed by atoms with E-state index in [-0.39, 0.29) is 28.1 Å². The van der Waals surface area contributed by atoms with Gasteiger partial charge in [-0.15, -0.1) is 0 Å². The first-order valence-corrected chi connectivity index (χ1v) is 10.2. The standard InChI is InChI=1S/C14H21N3O5S2/c1-4-17(10-5-6-24(20,21)7-10)13(18)9(3)22-14(19)11-8(2)16-23-12(11)15/h9-10H,4-7,15H2,1-3H3/t9-,10+/m0/s1. The van der Waals surface area contributed by atoms with Crippen molar-refractivity contribution in [3.05, 3.63) is 11.3 Å². The van der Waals surface area contributed by atoms with Crippen molar-refractivity contribution >= 4 is 38.2 Å². The fraction of sp³-hybridized carbons (Fsp3) is 0.643. The molecule has 8 nitrogen and oxygen atoms in total. The Morgan fingerprint density at radius 1 is 1.50 bits per heavy atom. The molecule has 0 aliphatic carbocycles. The number of nitrogens with zero attached hydrogens (tertiary/aromatic N) is 2. The second-order valence-electron chi connectivity index (χ2n) is 5.74. The molecule has 1 aromatic heterocycles. The highest BCUT2D eigenvalue weighted by atomic mass is 32.2. The molecule has 2 rings (SSSR count). The number of aromatic nitrogens is 1. The Kier molecular flexibility index (Phi) is 5.49. The minimum atomic E-state index is -3.10. The third-order valence-corrected chi connectivity index (χ3v) is 6.51. The molecule has 1 aromatic rings. The van der Waals surface area contributed by atoms with Gasteiger partial charge in [-0.3, -0.25) is 4.79 Å². The maximum atomic E-state index is 12.6. The molecule has 10 heteroatoms. The second-order valence-corrected chi connectivity index (χ2v) is 8.77. The smallest absolute Gasteiger partial charge is 0.343 e. The second kappa shape index (κ2) is 7.06. The molecular weight excluding hydrogens is 354 g/mol. The lowest BCUT2D eigenvalue weighted by Crippen LogP contribution is -2.46. The van der Waals surface area contributed by atoms with E-state index < -0.39 is 27.8 Å². The van der Waals surface area contributed by atoms with E-state index in [1.807, 2.05) is 0 Å². The third-order valence-electron chi connectivity index (χ3n) is 4.00. The number of nitrogen functional groups attached to an aromatic ring is 1. The van der Waals surface area contributed by atoms with Gasteiger partial charge in [0.05, 0.1) is 17.2 Å². The summed E-state index contributed by atoms with van der Waals surface area (Å²) in [5.74, 6) is -1.08. The predicted molar refractivity (Wildman–Crippen MR) is 90.6 cm³/mol. The highest BCUT2D eigenvalue weighted by Gasteiger charge is 2.36. The fourth-order valence-corrected chi connectivity index (χ4v) is 5.13. The van der Waals surface area contributed by atoms with E-state index in [1.165, 1.54) is 11.8 Å². The number of nitrogens with two attached hydrogens (primary N) is 1. The van der Waals surface area contributed by atoms with Gasteiger partial charge in [0.2, 0.25) is 0 Å². The van der Waals surface area contributed by atoms with E-state index >= 15 is 0 Å². The molecular formula is C14H21N3O5S2. The molecule has 134 valence electrons. The molecule has 0 unspecified atom stereocenters. The maximum Gasteiger partial charge on any atom is 0.343 e. The molecule has 1 aliphatic rings. The number of carbonyl (C=O) groups excluding carboxylic acids is 2. The van der Waals surface area contributed by atoms with Crippen molar-refractivity contribution in [2.75, 3.05) is 23.8 Å². The van der Waals surface area contributed by atoms with Crippen molar-refractivity contribution in [1.82, 2.24) is 9.27 Å². The summed E-state index contributed by atoms with van der Waals surface area (Å²) >= 11 is 0.991. The van der Waals surface area contributed by atoms with Gasteiger partial charge in [-0.25, -0.2) is 13.2 Å². The van der Waals surface area contributed by atoms with Crippen LogP contribution in [0.3, 0.4) is 0 Å². The third kappa shape index (κ3) is 3.86. The summed E-state index contributed by atoms with van der Waals surface area (Å²) < 4.78 is 32.4. The first-order valence-electron chi connectivity index (χ1n) is 7.60. The number of hydrogen-bond donors (Lipinski definition) is 1. The molecule has 2 N–H and O–H groups in total. The summed E-state index contributed by atoms with van der Waals surface area (Å²) in [6, 6.07) is -0.372. The largest absolute Gasteiger partial charge is 0.449 e. The Morgan fingerprint density at radius 3 is 2.62 bits per heavy atom. The molecule has 1 aliphatic heterocycles. The Hall–Kier alpha value is -1.68. The van der Waals surface area contributed by atoms with Crippen LogP contribution in [0.1, 0.15) is 36.3 Å². The molecule has 1 saturated heterocycles. The predicted octanol–water partition coefficient (Wildman–Crippen LogP) is 0.615. The summed E-state index contributed by atoms with van der Waals surface area (Å²) in [5, 5.41) is 0.242. The summed E-state index contributed by atoms with van der Waals surface area (Å²) in [6.07, 6.45) is -0.622. The molecule has 2 heterocycles. The summed E-state index contributed by atoms with van der Waals surface area (Å²) in [7, 11) is -3.10. The quantitative estimate of drug-likeness (QED) is 0.749. The molecule has 0 saturated carbocycles. The van der Waals surface area contributed by atoms with Crippen LogP contribution in [0.5, 0.6) is 0 Å². The molecule has 2 atom stereocenters. The molecule has 1 fully saturated rings. The number of sulfone groups is 1. The zero-order valence-electron chi connectivity index (χ0n) is 13.8. The minimum Gasteiger partial charge on any atom is -0.449 e. The lowest BCUT2D eigenvalue weighted by molar-refractivity contribution is -0.141. The first-order chi connectivity index (χ1) is 11.2. The van der Waals surface area contributed by atoms with Gasteiger partial charge in [-0.2, -0.15) is 4.37 Å². The van der Waals surface area contributed by atoms with E-state index in [2.05, 4.69) is 4.37 Å². The maximum absolute atomic E-state index is 12.6. The SMILES string of the molecule is CCN(C(=O)[C@H](C)OC(=O)c1c(C)nsc1N)[C@@H]1CCS(=O)(=O)C1. The molecule has 0 spiro atoms. The highest BCUT2D eigenvalue weighted by molar-refractivity contribution is 7.91. The van der Waals surface area contributed by atoms with E-state index in [4.69, 9.17) is 10.5 Å². The summed E-state index contributed by atoms with van der Waals surface area (Å²) in [6.45, 7) is 5.22. The van der Waals surface area contributed by atoms with Crippen LogP contribution in [0.15, 0.2) is 0 Å². The van der Waals surface area contributed by atoms with Crippen LogP contribution in [0.2, 0.25) is 0 Å². The normalized spacial score (nSPS) is 20.5. The molecule has 0 aromatic carbocycles. The Morgan fingerprint density at radius 2 is 2.17 bits per heavy atom. The number of rotatable bonds is 5. The van der Waals surface area contributed by atoms with Crippen molar-refractivity contribution < 1.29 is 22.7 Å². The monoisotopic (exact) mass is 375 g/mol. The van der Waals surface area contributed by atoms with Crippen molar-refractivity contribution in [2.24, 2.45) is 0 Å². The van der Waals surface area contributed by atoms with Crippen molar-refractivity contribution in [3.63, 3.8) is 0 Å². The number of anilines is 1. The Balaban J connectivity index is 2.06. The van der Waals surface area contributed by atoms with E-state index in [9.17, 15) is 18.0 Å². The van der Waals surface area contributed by atoms with Gasteiger partial charge < -0.3 is 15.4 Å². The molecule has 1 amide bonds. The van der Waals surface area contributed by atoms with Gasteiger partial charge in [-0.05, 0) is 38.7 Å². The van der Waals surface area contributed by atoms with Gasteiger partial charge in [-0.1, -0.05) is 0 Å². The van der Waals surface area contributed by atoms with Crippen molar-refractivity contribution in [2.45, 2.75) is 39.3 Å². The van der Waals surface area contributed by atoms with Crippen LogP contribution in [0.25, 0.3) is 0 Å². The first kappa shape index (κ1) is 18.7. The van der Waals surface area contributed by atoms with Crippen molar-refractivity contribution in [1.29, 1.82) is 0 Å². The average molecular weight is 375 g/mol. The van der Waals surface area contributed by atoms with Gasteiger partial charge in [0.15, 0.2) is 15.9 Å². The van der Waals surface area contributed by atoms with Crippen LogP contribution in [-0.2, 0) is 19.4 Å². The molecule has 24 heavy (non-hydrogen) atoms. The van der Waals surface area contributed by atoms with Gasteiger partial charge in [0, 0.05) is 12.6 Å². The zero-order valence-corrected chi connectivity index (χ0v) is 15.4. The topological polar surface area (TPSA) is 120 Å². The Labute approximate surface area is 145 Å². The van der Waals surface area contributed by atoms with Gasteiger partial charge in [0.25, 0.3) is 5.91 Å². The Bertz CT molecular complexity index is 724. The number of carbonyl (C=O) groups is 2. The van der Waals surface area contributed by atoms with Crippen LogP contribution in [0, 0.1) is 6.92 Å². The lowest BCUT2D eigenvalue weighted by Gasteiger charge is -2.29. The van der Waals surface area contributed by atoms with Crippen LogP contribution < -0.4 is 5.73 Å². The fourth-order valence-electron chi connectivity index (χ4n) is 2.75. The molecule has 0 bridgehead atoms. The van der Waals surface area contributed by atoms with Crippen LogP contribution >= 0.6 is 11.5 Å². The van der Waals surface area contributed by atoms with E-state index in [1.54, 1.807) is 13.8 Å². The highest BCUT2D eigenvalue weighted by Crippen LogP contribution is 2.23. The number of aryl methyl sites for hydroxylation is 1. The van der Waals surface area contributed by atoms with Gasteiger partial charge >= 0.3 is 5.97 Å². The molecule has 0 radical (unpaired) electrons. The number of likely N-dealkylation sites (N-methyl/N-ethyl adjacent to an activating group) is 1. The van der Waals surface area contributed by atoms with E-state index in [0.717, 1.165) is 11.5 Å². The number of esters is 1. The van der Waals surface area contributed by atoms with Gasteiger partial charge in [0.1, 0.15) is 10.6 Å². The number of amides is 1. The summed E-state index contributed by atoms with van der Waals surface area (Å²) in [5.41, 5.74) is 6.33. The average Bonchev–Trinajstić information content (AvgIpc) is 3.01. The van der Waals surface area contributed by atoms with E-state index in [0.29, 0.717) is 18.7 Å². The number of ether oxygens (including phenoxy) is 1. The minimum absolute atomic E-state index is 0.0479. The summed E-state index contributed by atoms with van der Waals surface area (Å²) in [4.78, 5) is 26.2. The lowest BCUT2D eigenvalue weighted by atomic mass is 10.2. The van der Waals surface area contributed by atoms with Crippen molar-refractivity contribution in [3.8, 4) is 0 Å². The number of hydrogen-bond acceptors (Lipinski definition) is 8. The van der Waals surface area contributed by atoms with Crippen LogP contribution in [0.4, 0.5) is 5.00 Å². The zero-order chi connectivity index (χ0) is 18.1. The van der Waals surface area contributed by atoms with Crippen LogP contribution in [-0.4, -0.2) is 59.8 Å².